The molecule has 0 spiro atoms. The van der Waals surface area contributed by atoms with Gasteiger partial charge in [0.05, 0.1) is 11.0 Å². The normalized spacial score (nSPS) is 12.0. The van der Waals surface area contributed by atoms with E-state index >= 15 is 0 Å². The van der Waals surface area contributed by atoms with Crippen LogP contribution < -0.4 is 4.74 Å². The average Bonchev–Trinajstić information content (AvgIpc) is 2.46. The first-order valence-corrected chi connectivity index (χ1v) is 6.96. The van der Waals surface area contributed by atoms with E-state index in [0.717, 1.165) is 5.56 Å². The zero-order valence-corrected chi connectivity index (χ0v) is 12.8. The smallest absolute Gasteiger partial charge is 0.312 e. The zero-order valence-electron chi connectivity index (χ0n) is 11.2. The van der Waals surface area contributed by atoms with Crippen LogP contribution in [-0.2, 0) is 6.61 Å². The molecule has 110 valence electrons. The van der Waals surface area contributed by atoms with Gasteiger partial charge in [-0.25, -0.2) is 0 Å². The van der Waals surface area contributed by atoms with Crippen molar-refractivity contribution in [1.29, 1.82) is 0 Å². The summed E-state index contributed by atoms with van der Waals surface area (Å²) in [7, 11) is 0. The molecule has 0 saturated carbocycles. The number of hydrogen-bond acceptors (Lipinski definition) is 5. The van der Waals surface area contributed by atoms with Crippen LogP contribution in [0.25, 0.3) is 0 Å². The molecule has 0 saturated heterocycles. The van der Waals surface area contributed by atoms with Crippen molar-refractivity contribution >= 4 is 21.6 Å². The van der Waals surface area contributed by atoms with Gasteiger partial charge in [0.15, 0.2) is 0 Å². The van der Waals surface area contributed by atoms with Crippen molar-refractivity contribution < 1.29 is 14.8 Å². The molecule has 1 aromatic carbocycles. The molecule has 1 atom stereocenters. The number of halogens is 1. The van der Waals surface area contributed by atoms with E-state index in [1.165, 1.54) is 13.0 Å². The maximum absolute atomic E-state index is 11.2. The summed E-state index contributed by atoms with van der Waals surface area (Å²) in [6, 6.07) is 6.52. The van der Waals surface area contributed by atoms with Crippen LogP contribution in [0.15, 0.2) is 41.1 Å². The highest BCUT2D eigenvalue weighted by Gasteiger charge is 2.23. The van der Waals surface area contributed by atoms with Crippen LogP contribution in [0.5, 0.6) is 5.75 Å². The molecule has 0 aliphatic carbocycles. The second kappa shape index (κ2) is 6.64. The fraction of sp³-hybridized carbons (Fsp3) is 0.214. The van der Waals surface area contributed by atoms with Crippen molar-refractivity contribution in [3.63, 3.8) is 0 Å². The first-order chi connectivity index (χ1) is 9.99. The zero-order chi connectivity index (χ0) is 15.4. The maximum Gasteiger partial charge on any atom is 0.312 e. The summed E-state index contributed by atoms with van der Waals surface area (Å²) in [5.41, 5.74) is 0.954. The highest BCUT2D eigenvalue weighted by atomic mass is 79.9. The lowest BCUT2D eigenvalue weighted by atomic mass is 10.1. The second-order valence-corrected chi connectivity index (χ2v) is 5.34. The van der Waals surface area contributed by atoms with Gasteiger partial charge in [-0.15, -0.1) is 0 Å². The Morgan fingerprint density at radius 1 is 1.52 bits per heavy atom. The fourth-order valence-corrected chi connectivity index (χ4v) is 2.31. The lowest BCUT2D eigenvalue weighted by Crippen LogP contribution is -2.05. The van der Waals surface area contributed by atoms with E-state index in [0.29, 0.717) is 10.0 Å². The van der Waals surface area contributed by atoms with Crippen LogP contribution in [0.3, 0.4) is 0 Å². The van der Waals surface area contributed by atoms with Crippen molar-refractivity contribution in [2.75, 3.05) is 0 Å². The number of aliphatic hydroxyl groups is 1. The Morgan fingerprint density at radius 3 is 2.86 bits per heavy atom. The largest absolute Gasteiger partial charge is 0.482 e. The third-order valence-electron chi connectivity index (χ3n) is 2.82. The lowest BCUT2D eigenvalue weighted by Gasteiger charge is -2.14. The molecule has 7 heteroatoms. The number of ether oxygens (including phenoxy) is 1. The maximum atomic E-state index is 11.2. The summed E-state index contributed by atoms with van der Waals surface area (Å²) in [6.07, 6.45) is 2.37. The number of pyridine rings is 1. The topological polar surface area (TPSA) is 85.5 Å². The monoisotopic (exact) mass is 352 g/mol. The predicted octanol–water partition coefficient (Wildman–Crippen LogP) is 3.38. The molecule has 1 aromatic heterocycles. The van der Waals surface area contributed by atoms with Gasteiger partial charge in [0.1, 0.15) is 6.61 Å². The highest BCUT2D eigenvalue weighted by molar-refractivity contribution is 9.10. The van der Waals surface area contributed by atoms with Crippen LogP contribution in [0.4, 0.5) is 5.69 Å². The Balaban J connectivity index is 2.38. The SMILES string of the molecule is C[C@@H](O)c1cc(Br)cc([N+](=O)[O-])c1OCc1cccnc1. The number of nitro benzene ring substituents is 1. The number of nitro groups is 1. The molecule has 0 bridgehead atoms. The van der Waals surface area contributed by atoms with Gasteiger partial charge in [0.25, 0.3) is 0 Å². The third-order valence-corrected chi connectivity index (χ3v) is 3.27. The molecule has 1 N–H and O–H groups in total. The molecule has 2 aromatic rings. The van der Waals surface area contributed by atoms with Gasteiger partial charge in [-0.2, -0.15) is 0 Å². The van der Waals surface area contributed by atoms with E-state index < -0.39 is 11.0 Å². The summed E-state index contributed by atoms with van der Waals surface area (Å²) in [6.45, 7) is 1.67. The van der Waals surface area contributed by atoms with E-state index in [1.807, 2.05) is 0 Å². The number of hydrogen-bond donors (Lipinski definition) is 1. The molecule has 21 heavy (non-hydrogen) atoms. The summed E-state index contributed by atoms with van der Waals surface area (Å²) in [4.78, 5) is 14.6. The van der Waals surface area contributed by atoms with Crippen LogP contribution in [0, 0.1) is 10.1 Å². The minimum Gasteiger partial charge on any atom is -0.482 e. The Labute approximate surface area is 129 Å². The van der Waals surface area contributed by atoms with Gasteiger partial charge in [-0.05, 0) is 19.1 Å². The molecule has 0 unspecified atom stereocenters. The Bertz CT molecular complexity index is 647. The van der Waals surface area contributed by atoms with Crippen LogP contribution in [0.2, 0.25) is 0 Å². The highest BCUT2D eigenvalue weighted by Crippen LogP contribution is 2.38. The Hall–Kier alpha value is -1.99. The quantitative estimate of drug-likeness (QED) is 0.658. The second-order valence-electron chi connectivity index (χ2n) is 4.43. The third kappa shape index (κ3) is 3.77. The first-order valence-electron chi connectivity index (χ1n) is 6.16. The van der Waals surface area contributed by atoms with Gasteiger partial charge in [-0.1, -0.05) is 22.0 Å². The molecule has 0 aliphatic rings. The number of aromatic nitrogens is 1. The van der Waals surface area contributed by atoms with Crippen molar-refractivity contribution in [2.24, 2.45) is 0 Å². The van der Waals surface area contributed by atoms with E-state index in [-0.39, 0.29) is 18.0 Å². The predicted molar refractivity (Wildman–Crippen MR) is 80.0 cm³/mol. The van der Waals surface area contributed by atoms with Gasteiger partial charge in [-0.3, -0.25) is 15.1 Å². The number of aliphatic hydroxyl groups excluding tert-OH is 1. The van der Waals surface area contributed by atoms with Gasteiger partial charge in [0, 0.05) is 34.1 Å². The van der Waals surface area contributed by atoms with E-state index in [4.69, 9.17) is 4.74 Å². The molecule has 6 nitrogen and oxygen atoms in total. The molecule has 1 heterocycles. The molecule has 0 amide bonds. The summed E-state index contributed by atoms with van der Waals surface area (Å²) >= 11 is 3.20. The van der Waals surface area contributed by atoms with Gasteiger partial charge < -0.3 is 9.84 Å². The van der Waals surface area contributed by atoms with E-state index in [2.05, 4.69) is 20.9 Å². The number of nitrogens with zero attached hydrogens (tertiary/aromatic N) is 2. The molecule has 0 aliphatic heterocycles. The average molecular weight is 353 g/mol. The van der Waals surface area contributed by atoms with Crippen LogP contribution in [-0.4, -0.2) is 15.0 Å². The van der Waals surface area contributed by atoms with Crippen molar-refractivity contribution in [2.45, 2.75) is 19.6 Å². The Morgan fingerprint density at radius 2 is 2.29 bits per heavy atom. The van der Waals surface area contributed by atoms with E-state index in [9.17, 15) is 15.2 Å². The van der Waals surface area contributed by atoms with E-state index in [1.54, 1.807) is 30.6 Å². The molecule has 0 fully saturated rings. The Kier molecular flexibility index (Phi) is 4.87. The molecular weight excluding hydrogens is 340 g/mol. The fourth-order valence-electron chi connectivity index (χ4n) is 1.84. The summed E-state index contributed by atoms with van der Waals surface area (Å²) in [5.74, 6) is 0.0713. The molecule has 2 rings (SSSR count). The first kappa shape index (κ1) is 15.4. The minimum atomic E-state index is -0.884. The number of benzene rings is 1. The van der Waals surface area contributed by atoms with Gasteiger partial charge >= 0.3 is 5.69 Å². The summed E-state index contributed by atoms with van der Waals surface area (Å²) < 4.78 is 6.08. The lowest BCUT2D eigenvalue weighted by molar-refractivity contribution is -0.386. The molecular formula is C14H13BrN2O4. The standard InChI is InChI=1S/C14H13BrN2O4/c1-9(18)12-5-11(15)6-13(17(19)20)14(12)21-8-10-3-2-4-16-7-10/h2-7,9,18H,8H2,1H3/t9-/m1/s1. The summed E-state index contributed by atoms with van der Waals surface area (Å²) in [5, 5.41) is 21.0. The van der Waals surface area contributed by atoms with Gasteiger partial charge in [0.2, 0.25) is 5.75 Å². The van der Waals surface area contributed by atoms with Crippen LogP contribution >= 0.6 is 15.9 Å². The van der Waals surface area contributed by atoms with Crippen molar-refractivity contribution in [3.8, 4) is 5.75 Å². The van der Waals surface area contributed by atoms with Crippen LogP contribution in [0.1, 0.15) is 24.2 Å². The minimum absolute atomic E-state index is 0.0713. The van der Waals surface area contributed by atoms with Crippen molar-refractivity contribution in [3.05, 3.63) is 62.4 Å². The molecule has 0 radical (unpaired) electrons. The van der Waals surface area contributed by atoms with Crippen molar-refractivity contribution in [1.82, 2.24) is 4.98 Å². The number of rotatable bonds is 5.